The second-order valence-electron chi connectivity index (χ2n) is 4.53. The Hall–Kier alpha value is -1.88. The van der Waals surface area contributed by atoms with Gasteiger partial charge in [0.1, 0.15) is 5.56 Å². The first-order valence-electron chi connectivity index (χ1n) is 5.76. The summed E-state index contributed by atoms with van der Waals surface area (Å²) in [6, 6.07) is 4.33. The van der Waals surface area contributed by atoms with E-state index in [1.165, 1.54) is 18.2 Å². The number of anilines is 1. The molecule has 2 unspecified atom stereocenters. The van der Waals surface area contributed by atoms with E-state index in [9.17, 15) is 19.5 Å². The van der Waals surface area contributed by atoms with E-state index in [1.54, 1.807) is 13.8 Å². The van der Waals surface area contributed by atoms with Crippen LogP contribution in [-0.4, -0.2) is 22.9 Å². The fourth-order valence-electron chi connectivity index (χ4n) is 2.09. The summed E-state index contributed by atoms with van der Waals surface area (Å²) in [5, 5.41) is 9.18. The summed E-state index contributed by atoms with van der Waals surface area (Å²) in [4.78, 5) is 36.3. The average Bonchev–Trinajstić information content (AvgIpc) is 2.53. The van der Waals surface area contributed by atoms with Gasteiger partial charge in [0.15, 0.2) is 0 Å². The quantitative estimate of drug-likeness (QED) is 0.843. The lowest BCUT2D eigenvalue weighted by Gasteiger charge is -2.17. The van der Waals surface area contributed by atoms with Crippen LogP contribution in [0.1, 0.15) is 24.2 Å². The van der Waals surface area contributed by atoms with Crippen LogP contribution in [0.3, 0.4) is 0 Å². The Bertz CT molecular complexity index is 564. The summed E-state index contributed by atoms with van der Waals surface area (Å²) < 4.78 is 0. The van der Waals surface area contributed by atoms with E-state index >= 15 is 0 Å². The van der Waals surface area contributed by atoms with E-state index in [1.807, 2.05) is 0 Å². The Morgan fingerprint density at radius 1 is 1.21 bits per heavy atom. The van der Waals surface area contributed by atoms with Crippen molar-refractivity contribution in [2.75, 3.05) is 4.90 Å². The first kappa shape index (κ1) is 13.5. The number of hydrogen-bond donors (Lipinski definition) is 1. The van der Waals surface area contributed by atoms with Gasteiger partial charge >= 0.3 is 5.97 Å². The van der Waals surface area contributed by atoms with Crippen LogP contribution in [0.25, 0.3) is 0 Å². The summed E-state index contributed by atoms with van der Waals surface area (Å²) >= 11 is 5.84. The molecule has 5 nitrogen and oxygen atoms in total. The molecule has 1 N–H and O–H groups in total. The Morgan fingerprint density at radius 2 is 1.74 bits per heavy atom. The van der Waals surface area contributed by atoms with E-state index < -0.39 is 29.6 Å². The minimum atomic E-state index is -1.27. The number of carbonyl (C=O) groups excluding carboxylic acids is 2. The van der Waals surface area contributed by atoms with Crippen LogP contribution >= 0.6 is 11.6 Å². The van der Waals surface area contributed by atoms with E-state index in [0.717, 1.165) is 4.90 Å². The van der Waals surface area contributed by atoms with Crippen LogP contribution < -0.4 is 4.90 Å². The number of imide groups is 1. The average molecular weight is 282 g/mol. The molecule has 0 aliphatic carbocycles. The van der Waals surface area contributed by atoms with Crippen molar-refractivity contribution in [3.8, 4) is 0 Å². The monoisotopic (exact) mass is 281 g/mol. The number of nitrogens with zero attached hydrogens (tertiary/aromatic N) is 1. The number of rotatable bonds is 2. The predicted molar refractivity (Wildman–Crippen MR) is 69.2 cm³/mol. The van der Waals surface area contributed by atoms with Crippen molar-refractivity contribution in [2.24, 2.45) is 11.8 Å². The highest BCUT2D eigenvalue weighted by atomic mass is 35.5. The molecule has 1 aliphatic rings. The smallest absolute Gasteiger partial charge is 0.339 e. The molecule has 1 aromatic rings. The zero-order valence-corrected chi connectivity index (χ0v) is 11.1. The molecule has 6 heteroatoms. The number of benzene rings is 1. The zero-order valence-electron chi connectivity index (χ0n) is 10.4. The molecule has 1 saturated heterocycles. The third-order valence-corrected chi connectivity index (χ3v) is 3.73. The van der Waals surface area contributed by atoms with Crippen LogP contribution in [0.4, 0.5) is 5.69 Å². The van der Waals surface area contributed by atoms with E-state index in [0.29, 0.717) is 0 Å². The largest absolute Gasteiger partial charge is 0.478 e. The number of carboxylic acid groups (broad SMARTS) is 1. The summed E-state index contributed by atoms with van der Waals surface area (Å²) in [7, 11) is 0. The molecule has 2 rings (SSSR count). The van der Waals surface area contributed by atoms with Gasteiger partial charge in [-0.1, -0.05) is 31.5 Å². The highest BCUT2D eigenvalue weighted by Crippen LogP contribution is 2.35. The molecule has 1 heterocycles. The number of halogens is 1. The van der Waals surface area contributed by atoms with Crippen molar-refractivity contribution in [2.45, 2.75) is 13.8 Å². The molecule has 100 valence electrons. The van der Waals surface area contributed by atoms with Crippen LogP contribution in [0.5, 0.6) is 0 Å². The fraction of sp³-hybridized carbons (Fsp3) is 0.308. The molecule has 2 amide bonds. The molecule has 0 spiro atoms. The van der Waals surface area contributed by atoms with Crippen LogP contribution in [0, 0.1) is 11.8 Å². The molecule has 19 heavy (non-hydrogen) atoms. The minimum absolute atomic E-state index is 0.00203. The molecule has 1 aromatic carbocycles. The van der Waals surface area contributed by atoms with Crippen molar-refractivity contribution in [1.82, 2.24) is 0 Å². The maximum atomic E-state index is 12.1. The summed E-state index contributed by atoms with van der Waals surface area (Å²) in [5.74, 6) is -3.00. The maximum Gasteiger partial charge on any atom is 0.339 e. The first-order chi connectivity index (χ1) is 8.86. The topological polar surface area (TPSA) is 74.7 Å². The molecular weight excluding hydrogens is 270 g/mol. The number of aromatic carboxylic acids is 1. The lowest BCUT2D eigenvalue weighted by Crippen LogP contribution is -2.32. The van der Waals surface area contributed by atoms with Crippen molar-refractivity contribution < 1.29 is 19.5 Å². The predicted octanol–water partition coefficient (Wildman–Crippen LogP) is 2.18. The van der Waals surface area contributed by atoms with E-state index in [-0.39, 0.29) is 16.3 Å². The molecule has 1 fully saturated rings. The highest BCUT2D eigenvalue weighted by Gasteiger charge is 2.44. The second kappa shape index (κ2) is 4.66. The van der Waals surface area contributed by atoms with Gasteiger partial charge in [0, 0.05) is 11.8 Å². The summed E-state index contributed by atoms with van der Waals surface area (Å²) in [5.41, 5.74) is -0.196. The molecule has 0 saturated carbocycles. The molecule has 2 atom stereocenters. The Morgan fingerprint density at radius 3 is 2.21 bits per heavy atom. The zero-order chi connectivity index (χ0) is 14.3. The molecule has 0 radical (unpaired) electrons. The van der Waals surface area contributed by atoms with Crippen LogP contribution in [0.15, 0.2) is 18.2 Å². The van der Waals surface area contributed by atoms with Crippen LogP contribution in [0.2, 0.25) is 5.02 Å². The second-order valence-corrected chi connectivity index (χ2v) is 4.94. The van der Waals surface area contributed by atoms with Crippen molar-refractivity contribution in [1.29, 1.82) is 0 Å². The van der Waals surface area contributed by atoms with Gasteiger partial charge in [0.2, 0.25) is 11.8 Å². The standard InChI is InChI=1S/C13H12ClNO4/c1-6-7(2)12(17)15(11(6)16)9-5-3-4-8(14)10(9)13(18)19/h3-7H,1-2H3,(H,18,19). The summed E-state index contributed by atoms with van der Waals surface area (Å²) in [6.07, 6.45) is 0. The van der Waals surface area contributed by atoms with Gasteiger partial charge in [-0.05, 0) is 12.1 Å². The van der Waals surface area contributed by atoms with Gasteiger partial charge in [0.05, 0.1) is 10.7 Å². The SMILES string of the molecule is CC1C(=O)N(c2cccc(Cl)c2C(=O)O)C(=O)C1C. The Kier molecular flexibility index (Phi) is 3.32. The fourth-order valence-corrected chi connectivity index (χ4v) is 2.34. The molecule has 1 aliphatic heterocycles. The summed E-state index contributed by atoms with van der Waals surface area (Å²) in [6.45, 7) is 3.30. The van der Waals surface area contributed by atoms with Gasteiger partial charge in [-0.2, -0.15) is 0 Å². The third-order valence-electron chi connectivity index (χ3n) is 3.42. The molecular formula is C13H12ClNO4. The minimum Gasteiger partial charge on any atom is -0.478 e. The van der Waals surface area contributed by atoms with E-state index in [2.05, 4.69) is 0 Å². The number of carbonyl (C=O) groups is 3. The van der Waals surface area contributed by atoms with Gasteiger partial charge in [0.25, 0.3) is 0 Å². The Balaban J connectivity index is 2.60. The molecule has 0 aromatic heterocycles. The van der Waals surface area contributed by atoms with Gasteiger partial charge < -0.3 is 5.11 Å². The number of carboxylic acids is 1. The van der Waals surface area contributed by atoms with Gasteiger partial charge in [-0.3, -0.25) is 9.59 Å². The van der Waals surface area contributed by atoms with Gasteiger partial charge in [-0.15, -0.1) is 0 Å². The maximum absolute atomic E-state index is 12.1. The van der Waals surface area contributed by atoms with Crippen molar-refractivity contribution >= 4 is 35.1 Å². The first-order valence-corrected chi connectivity index (χ1v) is 6.13. The van der Waals surface area contributed by atoms with Crippen LogP contribution in [-0.2, 0) is 9.59 Å². The highest BCUT2D eigenvalue weighted by molar-refractivity contribution is 6.35. The third kappa shape index (κ3) is 2.00. The van der Waals surface area contributed by atoms with E-state index in [4.69, 9.17) is 11.6 Å². The van der Waals surface area contributed by atoms with Crippen molar-refractivity contribution in [3.05, 3.63) is 28.8 Å². The number of amides is 2. The van der Waals surface area contributed by atoms with Gasteiger partial charge in [-0.25, -0.2) is 9.69 Å². The lowest BCUT2D eigenvalue weighted by molar-refractivity contribution is -0.122. The Labute approximate surface area is 114 Å². The number of hydrogen-bond acceptors (Lipinski definition) is 3. The lowest BCUT2D eigenvalue weighted by atomic mass is 10.00. The molecule has 0 bridgehead atoms. The normalized spacial score (nSPS) is 23.0. The van der Waals surface area contributed by atoms with Crippen molar-refractivity contribution in [3.63, 3.8) is 0 Å².